The predicted molar refractivity (Wildman–Crippen MR) is 99.4 cm³/mol. The second kappa shape index (κ2) is 11.2. The van der Waals surface area contributed by atoms with Gasteiger partial charge < -0.3 is 0 Å². The molecule has 0 spiro atoms. The van der Waals surface area contributed by atoms with Crippen molar-refractivity contribution < 1.29 is 51.3 Å². The largest absolute Gasteiger partial charge is 1.00 e. The van der Waals surface area contributed by atoms with E-state index in [0.717, 1.165) is 0 Å². The first-order chi connectivity index (χ1) is 12.6. The van der Waals surface area contributed by atoms with Gasteiger partial charge in [0.15, 0.2) is 0 Å². The van der Waals surface area contributed by atoms with Gasteiger partial charge in [-0.15, -0.1) is 10.2 Å². The van der Waals surface area contributed by atoms with Crippen LogP contribution in [0.2, 0.25) is 0 Å². The Kier molecular flexibility index (Phi) is 10.0. The maximum Gasteiger partial charge on any atom is 1.00 e. The van der Waals surface area contributed by atoms with Crippen LogP contribution in [0.1, 0.15) is 16.7 Å². The molecule has 0 fully saturated rings. The molecule has 0 aromatic heterocycles. The molecule has 0 radical (unpaired) electrons. The van der Waals surface area contributed by atoms with Crippen molar-refractivity contribution in [2.75, 3.05) is 0 Å². The molecular formula is C21H21AgClO4P. The zero-order chi connectivity index (χ0) is 20.0. The van der Waals surface area contributed by atoms with Crippen LogP contribution in [0.25, 0.3) is 0 Å². The zero-order valence-electron chi connectivity index (χ0n) is 15.7. The molecule has 3 aromatic carbocycles. The molecule has 0 amide bonds. The fraction of sp³-hybridized carbons (Fsp3) is 0.143. The Bertz CT molecular complexity index is 733. The van der Waals surface area contributed by atoms with E-state index in [1.165, 1.54) is 32.6 Å². The molecule has 0 aliphatic heterocycles. The summed E-state index contributed by atoms with van der Waals surface area (Å²) in [4.78, 5) is 0. The predicted octanol–water partition coefficient (Wildman–Crippen LogP) is -0.388. The van der Waals surface area contributed by atoms with Crippen LogP contribution in [0.5, 0.6) is 0 Å². The number of hydrogen-bond donors (Lipinski definition) is 0. The average molecular weight is 512 g/mol. The van der Waals surface area contributed by atoms with E-state index in [1.807, 2.05) is 0 Å². The molecule has 0 atom stereocenters. The summed E-state index contributed by atoms with van der Waals surface area (Å²) in [5.41, 5.74) is 3.93. The topological polar surface area (TPSA) is 92.2 Å². The summed E-state index contributed by atoms with van der Waals surface area (Å²) in [7, 11) is -5.43. The first-order valence-electron chi connectivity index (χ1n) is 8.25. The quantitative estimate of drug-likeness (QED) is 0.354. The van der Waals surface area contributed by atoms with Crippen LogP contribution >= 0.6 is 7.92 Å². The average Bonchev–Trinajstić information content (AvgIpc) is 2.59. The van der Waals surface area contributed by atoms with Crippen molar-refractivity contribution in [1.29, 1.82) is 0 Å². The minimum atomic E-state index is -4.94. The van der Waals surface area contributed by atoms with Gasteiger partial charge >= 0.3 is 22.4 Å². The summed E-state index contributed by atoms with van der Waals surface area (Å²) < 4.78 is 34.0. The van der Waals surface area contributed by atoms with Gasteiger partial charge in [0.1, 0.15) is 0 Å². The number of benzene rings is 3. The van der Waals surface area contributed by atoms with Gasteiger partial charge in [-0.2, -0.15) is 0 Å². The van der Waals surface area contributed by atoms with Crippen molar-refractivity contribution >= 4 is 23.8 Å². The van der Waals surface area contributed by atoms with Crippen LogP contribution in [0, 0.1) is 31.0 Å². The summed E-state index contributed by atoms with van der Waals surface area (Å²) in [5, 5.41) is 4.23. The molecule has 0 unspecified atom stereocenters. The Labute approximate surface area is 184 Å². The van der Waals surface area contributed by atoms with Crippen molar-refractivity contribution in [3.63, 3.8) is 0 Å². The summed E-state index contributed by atoms with van der Waals surface area (Å²) >= 11 is 0. The van der Waals surface area contributed by atoms with E-state index < -0.39 is 18.2 Å². The second-order valence-electron chi connectivity index (χ2n) is 6.22. The maximum atomic E-state index is 8.49. The Balaban J connectivity index is 0.000000584. The van der Waals surface area contributed by atoms with E-state index in [-0.39, 0.29) is 22.4 Å². The second-order valence-corrected chi connectivity index (χ2v) is 9.20. The smallest absolute Gasteiger partial charge is 0.222 e. The molecule has 3 rings (SSSR count). The molecule has 0 saturated heterocycles. The van der Waals surface area contributed by atoms with Crippen molar-refractivity contribution in [2.24, 2.45) is 0 Å². The molecule has 0 aliphatic rings. The van der Waals surface area contributed by atoms with Crippen LogP contribution in [-0.2, 0) is 22.4 Å². The normalized spacial score (nSPS) is 10.7. The molecule has 3 aromatic rings. The number of rotatable bonds is 3. The van der Waals surface area contributed by atoms with Gasteiger partial charge in [0.25, 0.3) is 0 Å². The number of hydrogen-bond acceptors (Lipinski definition) is 4. The maximum absolute atomic E-state index is 8.49. The van der Waals surface area contributed by atoms with Crippen LogP contribution in [0.4, 0.5) is 0 Å². The molecule has 0 N–H and O–H groups in total. The van der Waals surface area contributed by atoms with E-state index in [1.54, 1.807) is 0 Å². The Morgan fingerprint density at radius 2 is 0.679 bits per heavy atom. The van der Waals surface area contributed by atoms with Crippen molar-refractivity contribution in [3.8, 4) is 0 Å². The fourth-order valence-electron chi connectivity index (χ4n) is 2.53. The van der Waals surface area contributed by atoms with Gasteiger partial charge in [0.2, 0.25) is 0 Å². The molecule has 4 nitrogen and oxygen atoms in total. The summed E-state index contributed by atoms with van der Waals surface area (Å²) in [6, 6.07) is 27.0. The first kappa shape index (κ1) is 25.0. The third-order valence-corrected chi connectivity index (χ3v) is 6.32. The third kappa shape index (κ3) is 8.54. The van der Waals surface area contributed by atoms with E-state index in [9.17, 15) is 0 Å². The molecular weight excluding hydrogens is 491 g/mol. The van der Waals surface area contributed by atoms with Gasteiger partial charge in [0.05, 0.1) is 0 Å². The van der Waals surface area contributed by atoms with Gasteiger partial charge in [-0.3, -0.25) is 0 Å². The Morgan fingerprint density at radius 1 is 0.500 bits per heavy atom. The number of halogens is 1. The zero-order valence-corrected chi connectivity index (χ0v) is 18.8. The molecule has 152 valence electrons. The van der Waals surface area contributed by atoms with Crippen LogP contribution < -0.4 is 34.5 Å². The molecule has 28 heavy (non-hydrogen) atoms. The van der Waals surface area contributed by atoms with Crippen molar-refractivity contribution in [1.82, 2.24) is 0 Å². The monoisotopic (exact) mass is 510 g/mol. The van der Waals surface area contributed by atoms with E-state index in [2.05, 4.69) is 93.6 Å². The number of aryl methyl sites for hydroxylation is 3. The van der Waals surface area contributed by atoms with Crippen LogP contribution in [0.15, 0.2) is 72.8 Å². The van der Waals surface area contributed by atoms with E-state index in [0.29, 0.717) is 0 Å². The van der Waals surface area contributed by atoms with Gasteiger partial charge in [0, 0.05) is 0 Å². The van der Waals surface area contributed by atoms with Crippen LogP contribution in [-0.4, -0.2) is 0 Å². The minimum Gasteiger partial charge on any atom is -0.222 e. The SMILES string of the molecule is Cc1ccc(P(c2ccc(C)cc2)c2ccc(C)cc2)cc1.[Ag+].[O-][Cl+3]([O-])([O-])[O-]. The molecule has 0 bridgehead atoms. The molecule has 0 aliphatic carbocycles. The van der Waals surface area contributed by atoms with Gasteiger partial charge in [-0.05, 0) is 44.6 Å². The molecule has 0 heterocycles. The first-order valence-corrected chi connectivity index (χ1v) is 10.8. The standard InChI is InChI=1S/C21H21P.Ag.ClHO4/c1-16-4-10-19(11-5-16)22(20-12-6-17(2)7-13-20)21-14-8-18(3)9-15-21;;2-1(3,4)5/h4-15H,1-3H3;;(H,2,3,4,5)/q;+1;/p-1. The van der Waals surface area contributed by atoms with Gasteiger partial charge in [-0.25, -0.2) is 18.6 Å². The summed E-state index contributed by atoms with van der Waals surface area (Å²) in [6.45, 7) is 6.43. The van der Waals surface area contributed by atoms with Crippen molar-refractivity contribution in [3.05, 3.63) is 89.5 Å². The van der Waals surface area contributed by atoms with E-state index in [4.69, 9.17) is 18.6 Å². The summed E-state index contributed by atoms with van der Waals surface area (Å²) in [6.07, 6.45) is 0. The van der Waals surface area contributed by atoms with Crippen LogP contribution in [0.3, 0.4) is 0 Å². The Hall–Kier alpha value is -1.04. The molecule has 0 saturated carbocycles. The fourth-order valence-corrected chi connectivity index (χ4v) is 4.76. The molecule has 7 heteroatoms. The van der Waals surface area contributed by atoms with Crippen molar-refractivity contribution in [2.45, 2.75) is 20.8 Å². The minimum absolute atomic E-state index is 0. The third-order valence-electron chi connectivity index (χ3n) is 3.88. The Morgan fingerprint density at radius 3 is 0.857 bits per heavy atom. The van der Waals surface area contributed by atoms with E-state index >= 15 is 0 Å². The summed E-state index contributed by atoms with van der Waals surface area (Å²) in [5.74, 6) is 0. The van der Waals surface area contributed by atoms with Gasteiger partial charge in [-0.1, -0.05) is 89.5 Å².